The number of nitrogens with one attached hydrogen (secondary N) is 1. The summed E-state index contributed by atoms with van der Waals surface area (Å²) in [6.45, 7) is 0.523. The van der Waals surface area contributed by atoms with E-state index in [1.165, 1.54) is 17.8 Å². The van der Waals surface area contributed by atoms with Gasteiger partial charge >= 0.3 is 0 Å². The molecule has 0 aromatic heterocycles. The molecule has 24 heavy (non-hydrogen) atoms. The number of hydrogen-bond donors (Lipinski definition) is 1. The van der Waals surface area contributed by atoms with Crippen LogP contribution in [0.15, 0.2) is 52.6 Å². The van der Waals surface area contributed by atoms with Gasteiger partial charge in [0.05, 0.1) is 19.4 Å². The van der Waals surface area contributed by atoms with Gasteiger partial charge in [-0.3, -0.25) is 10.4 Å². The zero-order valence-electron chi connectivity index (χ0n) is 12.9. The average molecular weight is 347 g/mol. The first-order chi connectivity index (χ1) is 11.7. The number of aliphatic imine (C=N–C) groups is 1. The average Bonchev–Trinajstić information content (AvgIpc) is 2.63. The highest BCUT2D eigenvalue weighted by molar-refractivity contribution is 8.14. The summed E-state index contributed by atoms with van der Waals surface area (Å²) >= 11 is 1.47. The Hall–Kier alpha value is -2.41. The zero-order chi connectivity index (χ0) is 16.9. The van der Waals surface area contributed by atoms with Crippen LogP contribution in [0, 0.1) is 11.6 Å². The predicted octanol–water partition coefficient (Wildman–Crippen LogP) is 3.57. The molecule has 4 nitrogen and oxygen atoms in total. The third-order valence-corrected chi connectivity index (χ3v) is 4.36. The van der Waals surface area contributed by atoms with E-state index in [9.17, 15) is 8.78 Å². The van der Waals surface area contributed by atoms with Gasteiger partial charge in [0.2, 0.25) is 0 Å². The highest BCUT2D eigenvalue weighted by atomic mass is 32.2. The van der Waals surface area contributed by atoms with Crippen LogP contribution in [0.2, 0.25) is 0 Å². The molecule has 1 aliphatic rings. The van der Waals surface area contributed by atoms with Gasteiger partial charge in [0.1, 0.15) is 5.75 Å². The number of hydrogen-bond acceptors (Lipinski definition) is 4. The highest BCUT2D eigenvalue weighted by Gasteiger charge is 2.14. The summed E-state index contributed by atoms with van der Waals surface area (Å²) < 4.78 is 31.4. The maximum absolute atomic E-state index is 13.3. The molecule has 124 valence electrons. The minimum atomic E-state index is -0.876. The summed E-state index contributed by atoms with van der Waals surface area (Å²) in [6, 6.07) is 11.4. The van der Waals surface area contributed by atoms with Crippen LogP contribution in [0.5, 0.6) is 5.75 Å². The van der Waals surface area contributed by atoms with Crippen molar-refractivity contribution in [2.75, 3.05) is 12.9 Å². The minimum absolute atomic E-state index is 0.523. The lowest BCUT2D eigenvalue weighted by Gasteiger charge is -2.15. The van der Waals surface area contributed by atoms with E-state index in [1.807, 2.05) is 24.3 Å². The summed E-state index contributed by atoms with van der Waals surface area (Å²) in [5.74, 6) is -0.395. The number of benzene rings is 2. The Morgan fingerprint density at radius 2 is 1.96 bits per heavy atom. The summed E-state index contributed by atoms with van der Waals surface area (Å²) in [4.78, 5) is 4.46. The standard InChI is InChI=1S/C17H15F2N3OS/c1-23-13-5-2-11(3-6-13)9-20-17-22-21-16(10-24-17)12-4-7-14(18)15(19)8-12/h2-8H,9-10H2,1H3,(H,20,22). The lowest BCUT2D eigenvalue weighted by atomic mass is 10.1. The molecule has 7 heteroatoms. The van der Waals surface area contributed by atoms with Gasteiger partial charge in [-0.1, -0.05) is 23.9 Å². The van der Waals surface area contributed by atoms with Crippen molar-refractivity contribution in [2.24, 2.45) is 10.1 Å². The van der Waals surface area contributed by atoms with Crippen molar-refractivity contribution in [3.05, 3.63) is 65.2 Å². The molecule has 0 radical (unpaired) electrons. The van der Waals surface area contributed by atoms with Crippen LogP contribution in [0.25, 0.3) is 0 Å². The number of thioether (sulfide) groups is 1. The van der Waals surface area contributed by atoms with Crippen LogP contribution >= 0.6 is 11.8 Å². The highest BCUT2D eigenvalue weighted by Crippen LogP contribution is 2.17. The first-order valence-corrected chi connectivity index (χ1v) is 8.22. The van der Waals surface area contributed by atoms with Crippen molar-refractivity contribution in [1.29, 1.82) is 0 Å². The van der Waals surface area contributed by atoms with Gasteiger partial charge in [-0.15, -0.1) is 0 Å². The lowest BCUT2D eigenvalue weighted by molar-refractivity contribution is 0.414. The monoisotopic (exact) mass is 347 g/mol. The first-order valence-electron chi connectivity index (χ1n) is 7.24. The van der Waals surface area contributed by atoms with Gasteiger partial charge in [0, 0.05) is 11.3 Å². The van der Waals surface area contributed by atoms with E-state index in [1.54, 1.807) is 7.11 Å². The Balaban J connectivity index is 1.64. The molecule has 0 atom stereocenters. The maximum Gasteiger partial charge on any atom is 0.177 e. The van der Waals surface area contributed by atoms with Crippen molar-refractivity contribution >= 4 is 22.6 Å². The second-order valence-corrected chi connectivity index (χ2v) is 6.02. The number of ether oxygens (including phenoxy) is 1. The van der Waals surface area contributed by atoms with Gasteiger partial charge in [0.25, 0.3) is 0 Å². The fourth-order valence-corrected chi connectivity index (χ4v) is 2.89. The van der Waals surface area contributed by atoms with Gasteiger partial charge < -0.3 is 4.74 Å². The van der Waals surface area contributed by atoms with Gasteiger partial charge in [0.15, 0.2) is 16.8 Å². The Morgan fingerprint density at radius 1 is 1.17 bits per heavy atom. The van der Waals surface area contributed by atoms with Crippen molar-refractivity contribution in [3.8, 4) is 5.75 Å². The number of hydrazone groups is 1. The van der Waals surface area contributed by atoms with Crippen LogP contribution in [-0.2, 0) is 6.54 Å². The molecule has 0 aliphatic carbocycles. The van der Waals surface area contributed by atoms with Gasteiger partial charge in [-0.05, 0) is 35.9 Å². The molecule has 0 fully saturated rings. The SMILES string of the molecule is COc1ccc(CN=C2NN=C(c3ccc(F)c(F)c3)CS2)cc1. The Morgan fingerprint density at radius 3 is 2.58 bits per heavy atom. The molecule has 3 rings (SSSR count). The molecule has 0 saturated carbocycles. The predicted molar refractivity (Wildman–Crippen MR) is 92.6 cm³/mol. The number of rotatable bonds is 4. The Kier molecular flexibility index (Phi) is 5.10. The van der Waals surface area contributed by atoms with Crippen LogP contribution in [0.3, 0.4) is 0 Å². The smallest absolute Gasteiger partial charge is 0.177 e. The Bertz CT molecular complexity index is 791. The molecular formula is C17H15F2N3OS. The molecule has 0 saturated heterocycles. The second-order valence-electron chi connectivity index (χ2n) is 5.06. The van der Waals surface area contributed by atoms with E-state index in [2.05, 4.69) is 15.5 Å². The zero-order valence-corrected chi connectivity index (χ0v) is 13.7. The fourth-order valence-electron chi connectivity index (χ4n) is 2.12. The normalized spacial score (nSPS) is 15.8. The van der Waals surface area contributed by atoms with Crippen molar-refractivity contribution in [3.63, 3.8) is 0 Å². The summed E-state index contributed by atoms with van der Waals surface area (Å²) in [7, 11) is 1.63. The fraction of sp³-hybridized carbons (Fsp3) is 0.176. The minimum Gasteiger partial charge on any atom is -0.497 e. The largest absolute Gasteiger partial charge is 0.497 e. The van der Waals surface area contributed by atoms with E-state index in [4.69, 9.17) is 4.74 Å². The summed E-state index contributed by atoms with van der Waals surface area (Å²) in [5, 5.41) is 4.89. The van der Waals surface area contributed by atoms with E-state index in [0.29, 0.717) is 28.7 Å². The summed E-state index contributed by atoms with van der Waals surface area (Å²) in [6.07, 6.45) is 0. The molecule has 0 amide bonds. The van der Waals surface area contributed by atoms with Crippen molar-refractivity contribution in [1.82, 2.24) is 5.43 Å². The van der Waals surface area contributed by atoms with Crippen LogP contribution < -0.4 is 10.2 Å². The molecule has 0 bridgehead atoms. The summed E-state index contributed by atoms with van der Waals surface area (Å²) in [5.41, 5.74) is 5.12. The van der Waals surface area contributed by atoms with Crippen LogP contribution in [-0.4, -0.2) is 23.7 Å². The van der Waals surface area contributed by atoms with Crippen LogP contribution in [0.4, 0.5) is 8.78 Å². The molecule has 2 aromatic rings. The molecule has 0 spiro atoms. The first kappa shape index (κ1) is 16.4. The number of nitrogens with zero attached hydrogens (tertiary/aromatic N) is 2. The molecule has 0 unspecified atom stereocenters. The molecular weight excluding hydrogens is 332 g/mol. The molecule has 2 aromatic carbocycles. The topological polar surface area (TPSA) is 46.0 Å². The second kappa shape index (κ2) is 7.44. The molecule has 1 aliphatic heterocycles. The van der Waals surface area contributed by atoms with Gasteiger partial charge in [-0.2, -0.15) is 5.10 Å². The number of amidine groups is 1. The van der Waals surface area contributed by atoms with Crippen molar-refractivity contribution < 1.29 is 13.5 Å². The van der Waals surface area contributed by atoms with E-state index in [0.717, 1.165) is 23.4 Å². The van der Waals surface area contributed by atoms with Crippen LogP contribution in [0.1, 0.15) is 11.1 Å². The number of halogens is 2. The third-order valence-electron chi connectivity index (χ3n) is 3.45. The van der Waals surface area contributed by atoms with Gasteiger partial charge in [-0.25, -0.2) is 8.78 Å². The molecule has 1 N–H and O–H groups in total. The third kappa shape index (κ3) is 3.91. The maximum atomic E-state index is 13.3. The van der Waals surface area contributed by atoms with E-state index >= 15 is 0 Å². The molecule has 1 heterocycles. The van der Waals surface area contributed by atoms with E-state index in [-0.39, 0.29) is 0 Å². The number of methoxy groups -OCH3 is 1. The van der Waals surface area contributed by atoms with Crippen molar-refractivity contribution in [2.45, 2.75) is 6.54 Å². The lowest BCUT2D eigenvalue weighted by Crippen LogP contribution is -2.25. The Labute approximate surface area is 142 Å². The quantitative estimate of drug-likeness (QED) is 0.920. The van der Waals surface area contributed by atoms with E-state index < -0.39 is 11.6 Å².